The molecule has 0 aliphatic heterocycles. The van der Waals surface area contributed by atoms with Gasteiger partial charge in [-0.15, -0.1) is 11.8 Å². The number of benzene rings is 1. The molecule has 0 atom stereocenters. The maximum atomic E-state index is 14.2. The molecule has 0 spiro atoms. The third-order valence-electron chi connectivity index (χ3n) is 2.04. The van der Waals surface area contributed by atoms with Crippen molar-refractivity contribution in [3.8, 4) is 11.8 Å². The van der Waals surface area contributed by atoms with E-state index in [9.17, 15) is 4.39 Å². The Balaban J connectivity index is 3.25. The maximum absolute atomic E-state index is 14.2. The molecule has 5 heteroatoms. The van der Waals surface area contributed by atoms with Gasteiger partial charge in [-0.25, -0.2) is 4.39 Å². The van der Waals surface area contributed by atoms with Crippen LogP contribution in [0.4, 0.5) is 4.39 Å². The van der Waals surface area contributed by atoms with Crippen LogP contribution in [-0.2, 0) is 6.42 Å². The van der Waals surface area contributed by atoms with Gasteiger partial charge in [0.2, 0.25) is 8.32 Å². The molecule has 0 bridgehead atoms. The van der Waals surface area contributed by atoms with Crippen LogP contribution >= 0.6 is 11.8 Å². The molecule has 0 aromatic heterocycles. The van der Waals surface area contributed by atoms with Gasteiger partial charge < -0.3 is 4.43 Å². The van der Waals surface area contributed by atoms with Crippen LogP contribution in [0.2, 0.25) is 19.6 Å². The summed E-state index contributed by atoms with van der Waals surface area (Å²) >= 11 is 1.34. The monoisotopic (exact) mass is 269 g/mol. The number of nitrogens with zero attached hydrogens (tertiary/aromatic N) is 1. The normalized spacial score (nSPS) is 11.1. The van der Waals surface area contributed by atoms with Crippen molar-refractivity contribution in [2.45, 2.75) is 31.0 Å². The minimum atomic E-state index is -1.88. The highest BCUT2D eigenvalue weighted by atomic mass is 32.2. The Morgan fingerprint density at radius 3 is 2.53 bits per heavy atom. The Morgan fingerprint density at radius 2 is 2.06 bits per heavy atom. The molecular weight excluding hydrogens is 253 g/mol. The van der Waals surface area contributed by atoms with E-state index < -0.39 is 8.32 Å². The van der Waals surface area contributed by atoms with Crippen LogP contribution < -0.4 is 4.43 Å². The third-order valence-corrected chi connectivity index (χ3v) is 3.61. The van der Waals surface area contributed by atoms with Crippen LogP contribution in [0.3, 0.4) is 0 Å². The lowest BCUT2D eigenvalue weighted by Gasteiger charge is -2.22. The molecule has 0 aliphatic carbocycles. The lowest BCUT2D eigenvalue weighted by Crippen LogP contribution is -2.30. The fraction of sp³-hybridized carbons (Fsp3) is 0.417. The molecule has 0 saturated heterocycles. The van der Waals surface area contributed by atoms with Crippen LogP contribution in [0.15, 0.2) is 17.0 Å². The predicted molar refractivity (Wildman–Crippen MR) is 71.5 cm³/mol. The summed E-state index contributed by atoms with van der Waals surface area (Å²) in [6, 6.07) is 5.51. The summed E-state index contributed by atoms with van der Waals surface area (Å²) in [5.41, 5.74) is 0.630. The van der Waals surface area contributed by atoms with E-state index in [4.69, 9.17) is 9.69 Å². The zero-order valence-corrected chi connectivity index (χ0v) is 12.3. The summed E-state index contributed by atoms with van der Waals surface area (Å²) in [6.07, 6.45) is 1.99. The Labute approximate surface area is 107 Å². The largest absolute Gasteiger partial charge is 0.542 e. The van der Waals surface area contributed by atoms with Gasteiger partial charge in [0.15, 0.2) is 5.82 Å². The summed E-state index contributed by atoms with van der Waals surface area (Å²) in [4.78, 5) is 0.555. The first-order valence-corrected chi connectivity index (χ1v) is 9.93. The van der Waals surface area contributed by atoms with E-state index in [0.717, 1.165) is 0 Å². The SMILES string of the molecule is CSc1ccc(CC#N)c(O[Si](C)(C)C)c1F. The minimum absolute atomic E-state index is 0.172. The van der Waals surface area contributed by atoms with E-state index in [0.29, 0.717) is 10.5 Å². The smallest absolute Gasteiger partial charge is 0.242 e. The van der Waals surface area contributed by atoms with Crippen molar-refractivity contribution in [1.82, 2.24) is 0 Å². The zero-order chi connectivity index (χ0) is 13.1. The zero-order valence-electron chi connectivity index (χ0n) is 10.5. The van der Waals surface area contributed by atoms with E-state index in [1.54, 1.807) is 12.1 Å². The summed E-state index contributed by atoms with van der Waals surface area (Å²) < 4.78 is 19.9. The summed E-state index contributed by atoms with van der Waals surface area (Å²) in [5, 5.41) is 8.74. The standard InChI is InChI=1S/C12H16FNOSSi/c1-16-10-6-5-9(7-8-14)12(11(10)13)15-17(2,3)4/h5-6H,7H2,1-4H3. The summed E-state index contributed by atoms with van der Waals surface area (Å²) in [6.45, 7) is 5.98. The average molecular weight is 269 g/mol. The van der Waals surface area contributed by atoms with Crippen LogP contribution in [0.5, 0.6) is 5.75 Å². The minimum Gasteiger partial charge on any atom is -0.542 e. The molecule has 1 aromatic rings. The summed E-state index contributed by atoms with van der Waals surface area (Å²) in [5.74, 6) is -0.0785. The van der Waals surface area contributed by atoms with Gasteiger partial charge in [0.1, 0.15) is 5.75 Å². The molecule has 0 N–H and O–H groups in total. The van der Waals surface area contributed by atoms with Gasteiger partial charge in [-0.2, -0.15) is 5.26 Å². The van der Waals surface area contributed by atoms with Crippen molar-refractivity contribution in [3.05, 3.63) is 23.5 Å². The number of hydrogen-bond donors (Lipinski definition) is 0. The van der Waals surface area contributed by atoms with E-state index in [1.165, 1.54) is 11.8 Å². The van der Waals surface area contributed by atoms with Crippen LogP contribution in [0, 0.1) is 17.1 Å². The lowest BCUT2D eigenvalue weighted by atomic mass is 10.1. The first kappa shape index (κ1) is 14.1. The highest BCUT2D eigenvalue weighted by Crippen LogP contribution is 2.32. The first-order valence-electron chi connectivity index (χ1n) is 5.30. The van der Waals surface area contributed by atoms with Crippen molar-refractivity contribution in [2.75, 3.05) is 6.26 Å². The fourth-order valence-corrected chi connectivity index (χ4v) is 2.69. The number of rotatable bonds is 4. The molecule has 0 aliphatic rings. The molecule has 0 radical (unpaired) electrons. The number of thioether (sulfide) groups is 1. The topological polar surface area (TPSA) is 33.0 Å². The number of nitriles is 1. The van der Waals surface area contributed by atoms with E-state index in [1.807, 2.05) is 32.0 Å². The van der Waals surface area contributed by atoms with Gasteiger partial charge in [0.05, 0.1) is 12.5 Å². The van der Waals surface area contributed by atoms with Crippen LogP contribution in [0.1, 0.15) is 5.56 Å². The van der Waals surface area contributed by atoms with Gasteiger partial charge in [-0.1, -0.05) is 6.07 Å². The Kier molecular flexibility index (Phi) is 4.60. The first-order chi connectivity index (χ1) is 7.89. The number of hydrogen-bond acceptors (Lipinski definition) is 3. The molecule has 0 unspecified atom stereocenters. The Bertz CT molecular complexity index is 451. The lowest BCUT2D eigenvalue weighted by molar-refractivity contribution is 0.479. The molecule has 0 fully saturated rings. The van der Waals surface area contributed by atoms with Crippen molar-refractivity contribution < 1.29 is 8.82 Å². The van der Waals surface area contributed by atoms with E-state index >= 15 is 0 Å². The molecule has 0 saturated carbocycles. The van der Waals surface area contributed by atoms with Gasteiger partial charge in [0.25, 0.3) is 0 Å². The van der Waals surface area contributed by atoms with Crippen LogP contribution in [0.25, 0.3) is 0 Å². The second kappa shape index (κ2) is 5.56. The van der Waals surface area contributed by atoms with Crippen molar-refractivity contribution >= 4 is 20.1 Å². The quantitative estimate of drug-likeness (QED) is 0.615. The molecule has 0 amide bonds. The fourth-order valence-electron chi connectivity index (χ4n) is 1.38. The maximum Gasteiger partial charge on any atom is 0.242 e. The van der Waals surface area contributed by atoms with Gasteiger partial charge >= 0.3 is 0 Å². The predicted octanol–water partition coefficient (Wildman–Crippen LogP) is 3.83. The molecule has 1 aromatic carbocycles. The van der Waals surface area contributed by atoms with Crippen molar-refractivity contribution in [3.63, 3.8) is 0 Å². The molecule has 92 valence electrons. The van der Waals surface area contributed by atoms with Crippen LogP contribution in [-0.4, -0.2) is 14.6 Å². The van der Waals surface area contributed by atoms with E-state index in [2.05, 4.69) is 0 Å². The molecular formula is C12H16FNOSSi. The van der Waals surface area contributed by atoms with Gasteiger partial charge in [0, 0.05) is 10.5 Å². The third kappa shape index (κ3) is 3.75. The highest BCUT2D eigenvalue weighted by molar-refractivity contribution is 7.98. The van der Waals surface area contributed by atoms with Gasteiger partial charge in [-0.3, -0.25) is 0 Å². The summed E-state index contributed by atoms with van der Waals surface area (Å²) in [7, 11) is -1.88. The Hall–Kier alpha value is -0.993. The molecule has 2 nitrogen and oxygen atoms in total. The molecule has 17 heavy (non-hydrogen) atoms. The second-order valence-electron chi connectivity index (χ2n) is 4.62. The van der Waals surface area contributed by atoms with E-state index in [-0.39, 0.29) is 18.0 Å². The number of halogens is 1. The highest BCUT2D eigenvalue weighted by Gasteiger charge is 2.22. The molecule has 1 rings (SSSR count). The van der Waals surface area contributed by atoms with Crippen molar-refractivity contribution in [1.29, 1.82) is 5.26 Å². The molecule has 0 heterocycles. The second-order valence-corrected chi connectivity index (χ2v) is 9.90. The van der Waals surface area contributed by atoms with Gasteiger partial charge in [-0.05, 0) is 32.0 Å². The average Bonchev–Trinajstić information content (AvgIpc) is 2.22. The van der Waals surface area contributed by atoms with Crippen molar-refractivity contribution in [2.24, 2.45) is 0 Å². The Morgan fingerprint density at radius 1 is 1.41 bits per heavy atom.